The molecule has 45 heavy (non-hydrogen) atoms. The first-order chi connectivity index (χ1) is 21.7. The highest BCUT2D eigenvalue weighted by atomic mass is 16.5. The molecule has 0 aliphatic heterocycles. The zero-order valence-electron chi connectivity index (χ0n) is 24.9. The van der Waals surface area contributed by atoms with Crippen molar-refractivity contribution in [3.63, 3.8) is 0 Å². The number of esters is 1. The molecule has 0 unspecified atom stereocenters. The molecule has 0 atom stereocenters. The molecule has 4 aromatic carbocycles. The van der Waals surface area contributed by atoms with Gasteiger partial charge < -0.3 is 15.4 Å². The first-order valence-electron chi connectivity index (χ1n) is 14.5. The van der Waals surface area contributed by atoms with Crippen LogP contribution >= 0.6 is 0 Å². The van der Waals surface area contributed by atoms with Gasteiger partial charge in [0.2, 0.25) is 5.91 Å². The minimum absolute atomic E-state index is 0.0509. The van der Waals surface area contributed by atoms with Gasteiger partial charge in [-0.05, 0) is 73.5 Å². The number of rotatable bonds is 10. The van der Waals surface area contributed by atoms with Crippen molar-refractivity contribution in [1.82, 2.24) is 14.5 Å². The molecule has 0 bridgehead atoms. The third-order valence-corrected chi connectivity index (χ3v) is 7.24. The minimum atomic E-state index is -0.647. The van der Waals surface area contributed by atoms with Crippen LogP contribution in [0, 0.1) is 6.92 Å². The largest absolute Gasteiger partial charge is 0.462 e. The summed E-state index contributed by atoms with van der Waals surface area (Å²) in [6, 6.07) is 27.4. The first-order valence-corrected chi connectivity index (χ1v) is 14.5. The third-order valence-electron chi connectivity index (χ3n) is 7.24. The predicted octanol–water partition coefficient (Wildman–Crippen LogP) is 4.27. The molecule has 5 rings (SSSR count). The summed E-state index contributed by atoms with van der Waals surface area (Å²) in [5.41, 5.74) is 3.18. The molecule has 0 fully saturated rings. The summed E-state index contributed by atoms with van der Waals surface area (Å²) in [7, 11) is 0. The van der Waals surface area contributed by atoms with Gasteiger partial charge in [0.05, 0.1) is 29.6 Å². The highest BCUT2D eigenvalue weighted by molar-refractivity contribution is 5.94. The summed E-state index contributed by atoms with van der Waals surface area (Å²) in [4.78, 5) is 64.6. The number of ether oxygens (including phenoxy) is 1. The van der Waals surface area contributed by atoms with E-state index in [4.69, 9.17) is 4.74 Å². The van der Waals surface area contributed by atoms with E-state index in [2.05, 4.69) is 10.6 Å². The lowest BCUT2D eigenvalue weighted by Crippen LogP contribution is -2.42. The van der Waals surface area contributed by atoms with Gasteiger partial charge in [-0.1, -0.05) is 54.1 Å². The number of anilines is 1. The summed E-state index contributed by atoms with van der Waals surface area (Å²) < 4.78 is 7.32. The number of carbonyl (C=O) groups excluding carboxylic acids is 3. The average molecular weight is 605 g/mol. The van der Waals surface area contributed by atoms with E-state index >= 15 is 0 Å². The van der Waals surface area contributed by atoms with Gasteiger partial charge in [-0.2, -0.15) is 0 Å². The van der Waals surface area contributed by atoms with Gasteiger partial charge in [0.1, 0.15) is 6.54 Å². The molecule has 0 aliphatic rings. The van der Waals surface area contributed by atoms with Gasteiger partial charge in [-0.3, -0.25) is 23.5 Å². The molecule has 1 aromatic heterocycles. The summed E-state index contributed by atoms with van der Waals surface area (Å²) in [6.07, 6.45) is 0. The Morgan fingerprint density at radius 3 is 2.09 bits per heavy atom. The Labute approximate surface area is 258 Å². The number of amides is 2. The molecule has 0 aliphatic carbocycles. The molecule has 10 heteroatoms. The Balaban J connectivity index is 1.33. The van der Waals surface area contributed by atoms with E-state index in [9.17, 15) is 24.0 Å². The second-order valence-corrected chi connectivity index (χ2v) is 10.5. The maximum Gasteiger partial charge on any atom is 0.338 e. The fraction of sp³-hybridized carbons (Fsp3) is 0.171. The quantitative estimate of drug-likeness (QED) is 0.229. The van der Waals surface area contributed by atoms with Crippen LogP contribution in [0.5, 0.6) is 0 Å². The Hall–Kier alpha value is -5.77. The molecular formula is C35H32N4O6. The number of aryl methyl sites for hydroxylation is 1. The maximum atomic E-state index is 13.6. The highest BCUT2D eigenvalue weighted by Crippen LogP contribution is 2.13. The number of benzene rings is 4. The fourth-order valence-corrected chi connectivity index (χ4v) is 4.85. The number of nitrogens with zero attached hydrogens (tertiary/aromatic N) is 2. The summed E-state index contributed by atoms with van der Waals surface area (Å²) >= 11 is 0. The van der Waals surface area contributed by atoms with Crippen molar-refractivity contribution in [2.24, 2.45) is 0 Å². The van der Waals surface area contributed by atoms with Gasteiger partial charge in [-0.15, -0.1) is 0 Å². The molecular weight excluding hydrogens is 572 g/mol. The molecule has 10 nitrogen and oxygen atoms in total. The Kier molecular flexibility index (Phi) is 9.33. The average Bonchev–Trinajstić information content (AvgIpc) is 3.05. The molecule has 5 aromatic rings. The van der Waals surface area contributed by atoms with E-state index in [0.717, 1.165) is 15.7 Å². The first kappa shape index (κ1) is 30.7. The number of aromatic nitrogens is 2. The smallest absolute Gasteiger partial charge is 0.338 e. The van der Waals surface area contributed by atoms with Crippen LogP contribution in [0.25, 0.3) is 10.9 Å². The molecule has 228 valence electrons. The zero-order valence-corrected chi connectivity index (χ0v) is 24.9. The zero-order chi connectivity index (χ0) is 31.9. The van der Waals surface area contributed by atoms with Crippen LogP contribution in [-0.2, 0) is 29.2 Å². The normalized spacial score (nSPS) is 10.8. The van der Waals surface area contributed by atoms with Crippen LogP contribution in [0.15, 0.2) is 107 Å². The number of para-hydroxylation sites is 1. The molecule has 2 amide bonds. The van der Waals surface area contributed by atoms with Crippen LogP contribution in [-0.4, -0.2) is 33.5 Å². The second-order valence-electron chi connectivity index (χ2n) is 10.5. The lowest BCUT2D eigenvalue weighted by molar-refractivity contribution is -0.116. The summed E-state index contributed by atoms with van der Waals surface area (Å²) in [6.45, 7) is 3.95. The highest BCUT2D eigenvalue weighted by Gasteiger charge is 2.16. The van der Waals surface area contributed by atoms with Crippen molar-refractivity contribution < 1.29 is 19.1 Å². The van der Waals surface area contributed by atoms with Gasteiger partial charge in [0.15, 0.2) is 0 Å². The van der Waals surface area contributed by atoms with Crippen LogP contribution in [0.4, 0.5) is 5.69 Å². The number of carbonyl (C=O) groups is 3. The van der Waals surface area contributed by atoms with E-state index in [1.807, 2.05) is 31.2 Å². The van der Waals surface area contributed by atoms with Crippen LogP contribution in [0.2, 0.25) is 0 Å². The van der Waals surface area contributed by atoms with Crippen LogP contribution in [0.1, 0.15) is 44.3 Å². The lowest BCUT2D eigenvalue weighted by atomic mass is 10.1. The van der Waals surface area contributed by atoms with Gasteiger partial charge in [-0.25, -0.2) is 9.59 Å². The molecule has 0 radical (unpaired) electrons. The Bertz CT molecular complexity index is 1980. The Morgan fingerprint density at radius 1 is 0.756 bits per heavy atom. The summed E-state index contributed by atoms with van der Waals surface area (Å²) in [5, 5.41) is 5.91. The molecule has 0 saturated heterocycles. The second kappa shape index (κ2) is 13.7. The Morgan fingerprint density at radius 2 is 1.40 bits per heavy atom. The van der Waals surface area contributed by atoms with Crippen LogP contribution in [0.3, 0.4) is 0 Å². The van der Waals surface area contributed by atoms with Gasteiger partial charge in [0, 0.05) is 17.8 Å². The number of hydrogen-bond donors (Lipinski definition) is 2. The molecule has 0 spiro atoms. The minimum Gasteiger partial charge on any atom is -0.462 e. The van der Waals surface area contributed by atoms with Gasteiger partial charge >= 0.3 is 11.7 Å². The van der Waals surface area contributed by atoms with E-state index in [1.54, 1.807) is 67.6 Å². The third kappa shape index (κ3) is 7.24. The van der Waals surface area contributed by atoms with E-state index in [-0.39, 0.29) is 31.0 Å². The fourth-order valence-electron chi connectivity index (χ4n) is 4.85. The van der Waals surface area contributed by atoms with Crippen molar-refractivity contribution in [1.29, 1.82) is 0 Å². The number of fused-ring (bicyclic) bond motifs is 1. The van der Waals surface area contributed by atoms with Gasteiger partial charge in [0.25, 0.3) is 11.5 Å². The van der Waals surface area contributed by atoms with E-state index in [0.29, 0.717) is 34.4 Å². The van der Waals surface area contributed by atoms with Crippen molar-refractivity contribution in [2.75, 3.05) is 11.9 Å². The topological polar surface area (TPSA) is 128 Å². The predicted molar refractivity (Wildman–Crippen MR) is 171 cm³/mol. The van der Waals surface area contributed by atoms with E-state index in [1.165, 1.54) is 16.7 Å². The molecule has 0 saturated carbocycles. The van der Waals surface area contributed by atoms with E-state index < -0.39 is 23.1 Å². The number of nitrogens with one attached hydrogen (secondary N) is 2. The standard InChI is InChI=1S/C35H32N4O6/c1-3-45-34(43)27-16-18-28(19-17-27)37-31(40)22-38-30-7-5-4-6-29(30)33(42)39(35(38)44)21-25-12-14-26(15-13-25)32(41)36-20-24-10-8-23(2)9-11-24/h4-19H,3,20-22H2,1-2H3,(H,36,41)(H,37,40). The number of hydrogen-bond acceptors (Lipinski definition) is 6. The van der Waals surface area contributed by atoms with Crippen LogP contribution < -0.4 is 21.9 Å². The molecule has 1 heterocycles. The maximum absolute atomic E-state index is 13.6. The molecule has 2 N–H and O–H groups in total. The monoisotopic (exact) mass is 604 g/mol. The van der Waals surface area contributed by atoms with Crippen molar-refractivity contribution in [3.8, 4) is 0 Å². The van der Waals surface area contributed by atoms with Crippen molar-refractivity contribution in [2.45, 2.75) is 33.5 Å². The lowest BCUT2D eigenvalue weighted by Gasteiger charge is -2.14. The summed E-state index contributed by atoms with van der Waals surface area (Å²) in [5.74, 6) is -1.20. The van der Waals surface area contributed by atoms with Crippen molar-refractivity contribution >= 4 is 34.4 Å². The van der Waals surface area contributed by atoms with Crippen molar-refractivity contribution in [3.05, 3.63) is 146 Å². The SMILES string of the molecule is CCOC(=O)c1ccc(NC(=O)Cn2c(=O)n(Cc3ccc(C(=O)NCc4ccc(C)cc4)cc3)c(=O)c3ccccc32)cc1.